The van der Waals surface area contributed by atoms with Gasteiger partial charge in [0.1, 0.15) is 0 Å². The van der Waals surface area contributed by atoms with Crippen LogP contribution in [-0.2, 0) is 0 Å². The number of nitrogens with one attached hydrogen (secondary N) is 1. The third-order valence-corrected chi connectivity index (χ3v) is 4.01. The number of carboxylic acids is 1. The summed E-state index contributed by atoms with van der Waals surface area (Å²) in [6, 6.07) is 3.77. The standard InChI is InChI=1S/C15H18F3NO2/c1-9-6-7-10(14(20)21)8-13(9)19-12-5-3-2-4-11(12)15(16,17)18/h6-8,11-12,19H,2-5H2,1H3,(H,20,21). The summed E-state index contributed by atoms with van der Waals surface area (Å²) < 4.78 is 39.2. The molecule has 116 valence electrons. The van der Waals surface area contributed by atoms with Crippen LogP contribution in [0.25, 0.3) is 0 Å². The Morgan fingerprint density at radius 1 is 1.29 bits per heavy atom. The van der Waals surface area contributed by atoms with Gasteiger partial charge in [-0.15, -0.1) is 0 Å². The van der Waals surface area contributed by atoms with Gasteiger partial charge in [-0.2, -0.15) is 13.2 Å². The SMILES string of the molecule is Cc1ccc(C(=O)O)cc1NC1CCCCC1C(F)(F)F. The minimum atomic E-state index is -4.23. The van der Waals surface area contributed by atoms with E-state index in [-0.39, 0.29) is 12.0 Å². The van der Waals surface area contributed by atoms with Gasteiger partial charge < -0.3 is 10.4 Å². The van der Waals surface area contributed by atoms with Crippen LogP contribution in [0.1, 0.15) is 41.6 Å². The second kappa shape index (κ2) is 5.95. The Morgan fingerprint density at radius 2 is 1.95 bits per heavy atom. The van der Waals surface area contributed by atoms with Gasteiger partial charge in [0.05, 0.1) is 11.5 Å². The van der Waals surface area contributed by atoms with E-state index in [9.17, 15) is 18.0 Å². The lowest BCUT2D eigenvalue weighted by molar-refractivity contribution is -0.184. The molecule has 2 atom stereocenters. The highest BCUT2D eigenvalue weighted by atomic mass is 19.4. The molecular weight excluding hydrogens is 283 g/mol. The predicted molar refractivity (Wildman–Crippen MR) is 73.6 cm³/mol. The lowest BCUT2D eigenvalue weighted by Crippen LogP contribution is -2.41. The van der Waals surface area contributed by atoms with E-state index in [1.807, 2.05) is 0 Å². The van der Waals surface area contributed by atoms with Gasteiger partial charge in [0.2, 0.25) is 0 Å². The van der Waals surface area contributed by atoms with Gasteiger partial charge in [0, 0.05) is 11.7 Å². The number of alkyl halides is 3. The normalized spacial score (nSPS) is 22.9. The molecule has 0 aromatic heterocycles. The van der Waals surface area contributed by atoms with Crippen molar-refractivity contribution in [1.29, 1.82) is 0 Å². The topological polar surface area (TPSA) is 49.3 Å². The third kappa shape index (κ3) is 3.68. The first-order valence-electron chi connectivity index (χ1n) is 6.96. The molecule has 0 heterocycles. The second-order valence-corrected chi connectivity index (χ2v) is 5.52. The summed E-state index contributed by atoms with van der Waals surface area (Å²) in [5.41, 5.74) is 1.28. The summed E-state index contributed by atoms with van der Waals surface area (Å²) in [5, 5.41) is 11.9. The van der Waals surface area contributed by atoms with E-state index in [0.29, 0.717) is 18.5 Å². The van der Waals surface area contributed by atoms with Crippen LogP contribution in [0.4, 0.5) is 18.9 Å². The summed E-state index contributed by atoms with van der Waals surface area (Å²) in [4.78, 5) is 11.0. The summed E-state index contributed by atoms with van der Waals surface area (Å²) >= 11 is 0. The van der Waals surface area contributed by atoms with Crippen molar-refractivity contribution < 1.29 is 23.1 Å². The highest BCUT2D eigenvalue weighted by Crippen LogP contribution is 2.39. The molecule has 0 bridgehead atoms. The van der Waals surface area contributed by atoms with E-state index in [2.05, 4.69) is 5.32 Å². The number of aromatic carboxylic acids is 1. The molecule has 2 N–H and O–H groups in total. The lowest BCUT2D eigenvalue weighted by atomic mass is 9.83. The average molecular weight is 301 g/mol. The van der Waals surface area contributed by atoms with Crippen LogP contribution in [0.15, 0.2) is 18.2 Å². The van der Waals surface area contributed by atoms with Gasteiger partial charge in [-0.1, -0.05) is 18.9 Å². The molecule has 1 aromatic carbocycles. The molecule has 1 aromatic rings. The zero-order chi connectivity index (χ0) is 15.6. The van der Waals surface area contributed by atoms with Crippen molar-refractivity contribution in [3.05, 3.63) is 29.3 Å². The van der Waals surface area contributed by atoms with E-state index in [0.717, 1.165) is 12.0 Å². The number of hydrogen-bond donors (Lipinski definition) is 2. The smallest absolute Gasteiger partial charge is 0.393 e. The molecule has 2 rings (SSSR count). The van der Waals surface area contributed by atoms with Crippen LogP contribution >= 0.6 is 0 Å². The summed E-state index contributed by atoms with van der Waals surface area (Å²) in [6.45, 7) is 1.75. The van der Waals surface area contributed by atoms with Crippen LogP contribution in [-0.4, -0.2) is 23.3 Å². The quantitative estimate of drug-likeness (QED) is 0.878. The fourth-order valence-corrected chi connectivity index (χ4v) is 2.81. The minimum absolute atomic E-state index is 0.0717. The third-order valence-electron chi connectivity index (χ3n) is 4.01. The summed E-state index contributed by atoms with van der Waals surface area (Å²) in [6.07, 6.45) is -2.32. The largest absolute Gasteiger partial charge is 0.478 e. The monoisotopic (exact) mass is 301 g/mol. The van der Waals surface area contributed by atoms with Crippen molar-refractivity contribution in [1.82, 2.24) is 0 Å². The Morgan fingerprint density at radius 3 is 2.57 bits per heavy atom. The van der Waals surface area contributed by atoms with Gasteiger partial charge in [-0.3, -0.25) is 0 Å². The van der Waals surface area contributed by atoms with Crippen molar-refractivity contribution in [3.63, 3.8) is 0 Å². The molecule has 0 aliphatic heterocycles. The first kappa shape index (κ1) is 15.7. The van der Waals surface area contributed by atoms with Crippen LogP contribution in [0.5, 0.6) is 0 Å². The predicted octanol–water partition coefficient (Wildman–Crippen LogP) is 4.23. The molecular formula is C15H18F3NO2. The van der Waals surface area contributed by atoms with Gasteiger partial charge in [0.25, 0.3) is 0 Å². The van der Waals surface area contributed by atoms with E-state index in [4.69, 9.17) is 5.11 Å². The number of hydrogen-bond acceptors (Lipinski definition) is 2. The lowest BCUT2D eigenvalue weighted by Gasteiger charge is -2.34. The van der Waals surface area contributed by atoms with Crippen molar-refractivity contribution >= 4 is 11.7 Å². The number of anilines is 1. The van der Waals surface area contributed by atoms with Crippen molar-refractivity contribution in [2.24, 2.45) is 5.92 Å². The van der Waals surface area contributed by atoms with Gasteiger partial charge in [-0.25, -0.2) is 4.79 Å². The minimum Gasteiger partial charge on any atom is -0.478 e. The zero-order valence-electron chi connectivity index (χ0n) is 11.7. The van der Waals surface area contributed by atoms with E-state index < -0.39 is 24.1 Å². The molecule has 6 heteroatoms. The highest BCUT2D eigenvalue weighted by Gasteiger charge is 2.45. The Labute approximate surface area is 121 Å². The van der Waals surface area contributed by atoms with E-state index in [1.54, 1.807) is 13.0 Å². The first-order chi connectivity index (χ1) is 9.79. The van der Waals surface area contributed by atoms with E-state index >= 15 is 0 Å². The molecule has 1 aliphatic carbocycles. The molecule has 0 saturated heterocycles. The van der Waals surface area contributed by atoms with Crippen LogP contribution in [0.2, 0.25) is 0 Å². The van der Waals surface area contributed by atoms with Crippen molar-refractivity contribution in [2.45, 2.75) is 44.8 Å². The number of benzene rings is 1. The first-order valence-corrected chi connectivity index (χ1v) is 6.96. The summed E-state index contributed by atoms with van der Waals surface area (Å²) in [5.74, 6) is -2.46. The van der Waals surface area contributed by atoms with Gasteiger partial charge in [-0.05, 0) is 37.5 Å². The van der Waals surface area contributed by atoms with Crippen molar-refractivity contribution in [3.8, 4) is 0 Å². The Kier molecular flexibility index (Phi) is 4.44. The maximum absolute atomic E-state index is 13.1. The fourth-order valence-electron chi connectivity index (χ4n) is 2.81. The Balaban J connectivity index is 2.23. The number of aryl methyl sites for hydroxylation is 1. The second-order valence-electron chi connectivity index (χ2n) is 5.52. The molecule has 3 nitrogen and oxygen atoms in total. The molecule has 0 spiro atoms. The highest BCUT2D eigenvalue weighted by molar-refractivity contribution is 5.89. The fraction of sp³-hybridized carbons (Fsp3) is 0.533. The molecule has 0 amide bonds. The average Bonchev–Trinajstić information content (AvgIpc) is 2.40. The van der Waals surface area contributed by atoms with Gasteiger partial charge >= 0.3 is 12.1 Å². The maximum atomic E-state index is 13.1. The van der Waals surface area contributed by atoms with E-state index in [1.165, 1.54) is 12.1 Å². The van der Waals surface area contributed by atoms with Crippen LogP contribution in [0.3, 0.4) is 0 Å². The molecule has 1 fully saturated rings. The zero-order valence-corrected chi connectivity index (χ0v) is 11.7. The number of carboxylic acid groups (broad SMARTS) is 1. The van der Waals surface area contributed by atoms with Crippen LogP contribution in [0, 0.1) is 12.8 Å². The molecule has 2 unspecified atom stereocenters. The molecule has 0 radical (unpaired) electrons. The summed E-state index contributed by atoms with van der Waals surface area (Å²) in [7, 11) is 0. The number of halogens is 3. The van der Waals surface area contributed by atoms with Crippen molar-refractivity contribution in [2.75, 3.05) is 5.32 Å². The van der Waals surface area contributed by atoms with Crippen LogP contribution < -0.4 is 5.32 Å². The molecule has 1 aliphatic rings. The Bertz CT molecular complexity index is 528. The number of carbonyl (C=O) groups is 1. The van der Waals surface area contributed by atoms with Gasteiger partial charge in [0.15, 0.2) is 0 Å². The molecule has 1 saturated carbocycles. The maximum Gasteiger partial charge on any atom is 0.393 e. The number of rotatable bonds is 3. The Hall–Kier alpha value is -1.72. The molecule has 21 heavy (non-hydrogen) atoms.